The van der Waals surface area contributed by atoms with Gasteiger partial charge in [-0.2, -0.15) is 0 Å². The summed E-state index contributed by atoms with van der Waals surface area (Å²) in [6.07, 6.45) is 1.34. The minimum atomic E-state index is -0.584. The summed E-state index contributed by atoms with van der Waals surface area (Å²) in [4.78, 5) is 34.4. The number of likely N-dealkylation sites (N-methyl/N-ethyl adjacent to an activating group) is 1. The zero-order valence-corrected chi connectivity index (χ0v) is 23.0. The van der Waals surface area contributed by atoms with E-state index in [2.05, 4.69) is 22.2 Å². The molecular weight excluding hydrogens is 512 g/mol. The molecule has 10 heteroatoms. The molecule has 37 heavy (non-hydrogen) atoms. The van der Waals surface area contributed by atoms with E-state index in [-0.39, 0.29) is 24.0 Å². The van der Waals surface area contributed by atoms with Crippen molar-refractivity contribution in [1.29, 1.82) is 0 Å². The van der Waals surface area contributed by atoms with E-state index >= 15 is 0 Å². The first kappa shape index (κ1) is 26.4. The van der Waals surface area contributed by atoms with Gasteiger partial charge in [0.15, 0.2) is 5.06 Å². The van der Waals surface area contributed by atoms with E-state index < -0.39 is 5.92 Å². The summed E-state index contributed by atoms with van der Waals surface area (Å²) in [6.45, 7) is 6.52. The van der Waals surface area contributed by atoms with Crippen molar-refractivity contribution in [2.75, 3.05) is 60.0 Å². The van der Waals surface area contributed by atoms with E-state index in [4.69, 9.17) is 21.1 Å². The monoisotopic (exact) mass is 546 g/mol. The van der Waals surface area contributed by atoms with Crippen molar-refractivity contribution in [2.24, 2.45) is 5.92 Å². The van der Waals surface area contributed by atoms with Crippen LogP contribution < -0.4 is 10.1 Å². The normalized spacial score (nSPS) is 23.8. The molecule has 3 aliphatic rings. The molecule has 0 radical (unpaired) electrons. The third-order valence-electron chi connectivity index (χ3n) is 7.92. The molecule has 4 heterocycles. The number of methoxy groups -OCH3 is 1. The van der Waals surface area contributed by atoms with Gasteiger partial charge in [0.05, 0.1) is 13.0 Å². The summed E-state index contributed by atoms with van der Waals surface area (Å²) in [5, 5.41) is 4.52. The molecular formula is C27H35ClN4O4S. The Kier molecular flexibility index (Phi) is 8.36. The van der Waals surface area contributed by atoms with Crippen LogP contribution in [-0.4, -0.2) is 92.8 Å². The number of carbonyl (C=O) groups excluding carboxylic acids is 2. The molecule has 5 rings (SSSR count). The standard InChI is InChI=1S/C27H35ClN4O4S/c1-30-11-13-31(14-12-30)22-8-10-32(27(34)36-24-15-18-16-29-9-7-23(18)37-24)17-20(22)25(26(33)35-2)19-5-3-4-6-21(19)28/h3-6,15,20,22,25,29H,7-14,16-17H2,1-2H3. The molecule has 3 atom stereocenters. The predicted molar refractivity (Wildman–Crippen MR) is 145 cm³/mol. The van der Waals surface area contributed by atoms with Crippen LogP contribution in [0.1, 0.15) is 28.3 Å². The van der Waals surface area contributed by atoms with E-state index in [0.29, 0.717) is 23.2 Å². The lowest BCUT2D eigenvalue weighted by molar-refractivity contribution is -0.145. The van der Waals surface area contributed by atoms with Crippen molar-refractivity contribution >= 4 is 35.0 Å². The lowest BCUT2D eigenvalue weighted by Crippen LogP contribution is -2.59. The van der Waals surface area contributed by atoms with Crippen LogP contribution in [0.25, 0.3) is 0 Å². The molecule has 8 nitrogen and oxygen atoms in total. The second-order valence-corrected chi connectivity index (χ2v) is 11.6. The summed E-state index contributed by atoms with van der Waals surface area (Å²) in [7, 11) is 3.55. The number of amides is 1. The van der Waals surface area contributed by atoms with Gasteiger partial charge in [0.2, 0.25) is 0 Å². The third kappa shape index (κ3) is 5.81. The maximum absolute atomic E-state index is 13.3. The van der Waals surface area contributed by atoms with Crippen molar-refractivity contribution < 1.29 is 19.1 Å². The van der Waals surface area contributed by atoms with Gasteiger partial charge in [0.25, 0.3) is 0 Å². The number of piperidine rings is 1. The Labute approximate surface area is 227 Å². The van der Waals surface area contributed by atoms with Gasteiger partial charge in [-0.05, 0) is 43.1 Å². The third-order valence-corrected chi connectivity index (χ3v) is 9.37. The largest absolute Gasteiger partial charge is 0.469 e. The molecule has 0 spiro atoms. The van der Waals surface area contributed by atoms with Crippen LogP contribution in [0, 0.1) is 5.92 Å². The Bertz CT molecular complexity index is 1100. The Morgan fingerprint density at radius 3 is 2.68 bits per heavy atom. The van der Waals surface area contributed by atoms with Crippen LogP contribution in [0.15, 0.2) is 30.3 Å². The van der Waals surface area contributed by atoms with Gasteiger partial charge < -0.3 is 24.6 Å². The van der Waals surface area contributed by atoms with Gasteiger partial charge in [-0.3, -0.25) is 9.69 Å². The number of esters is 1. The topological polar surface area (TPSA) is 74.3 Å². The lowest BCUT2D eigenvalue weighted by Gasteiger charge is -2.47. The van der Waals surface area contributed by atoms with E-state index in [1.54, 1.807) is 22.3 Å². The van der Waals surface area contributed by atoms with Gasteiger partial charge in [-0.1, -0.05) is 29.8 Å². The highest BCUT2D eigenvalue weighted by Crippen LogP contribution is 2.39. The molecule has 1 aromatic heterocycles. The fraction of sp³-hybridized carbons (Fsp3) is 0.556. The van der Waals surface area contributed by atoms with Crippen molar-refractivity contribution in [3.8, 4) is 5.06 Å². The second kappa shape index (κ2) is 11.7. The number of rotatable bonds is 5. The van der Waals surface area contributed by atoms with Crippen molar-refractivity contribution in [2.45, 2.75) is 31.3 Å². The number of thiophene rings is 1. The highest BCUT2D eigenvalue weighted by Gasteiger charge is 2.44. The molecule has 3 aliphatic heterocycles. The number of carbonyl (C=O) groups is 2. The molecule has 0 saturated carbocycles. The Morgan fingerprint density at radius 1 is 1.16 bits per heavy atom. The van der Waals surface area contributed by atoms with Gasteiger partial charge >= 0.3 is 12.1 Å². The molecule has 200 valence electrons. The average molecular weight is 547 g/mol. The number of nitrogens with one attached hydrogen (secondary N) is 1. The van der Waals surface area contributed by atoms with Crippen LogP contribution in [0.5, 0.6) is 5.06 Å². The number of ether oxygens (including phenoxy) is 2. The molecule has 0 bridgehead atoms. The quantitative estimate of drug-likeness (QED) is 0.576. The SMILES string of the molecule is COC(=O)C(c1ccccc1Cl)C1CN(C(=O)Oc2cc3c(s2)CCNC3)CCC1N1CCN(C)CC1. The molecule has 1 amide bonds. The zero-order chi connectivity index (χ0) is 25.9. The van der Waals surface area contributed by atoms with Crippen LogP contribution in [0.2, 0.25) is 5.02 Å². The Hall–Kier alpha value is -2.17. The highest BCUT2D eigenvalue weighted by molar-refractivity contribution is 7.14. The average Bonchev–Trinajstić information content (AvgIpc) is 3.32. The number of nitrogens with zero attached hydrogens (tertiary/aromatic N) is 3. The molecule has 2 fully saturated rings. The molecule has 2 aromatic rings. The minimum absolute atomic E-state index is 0.123. The van der Waals surface area contributed by atoms with Crippen LogP contribution in [-0.2, 0) is 22.5 Å². The van der Waals surface area contributed by atoms with E-state index in [1.807, 2.05) is 24.3 Å². The summed E-state index contributed by atoms with van der Waals surface area (Å²) >= 11 is 8.16. The number of fused-ring (bicyclic) bond motifs is 1. The predicted octanol–water partition coefficient (Wildman–Crippen LogP) is 3.44. The highest BCUT2D eigenvalue weighted by atomic mass is 35.5. The molecule has 2 saturated heterocycles. The first-order valence-electron chi connectivity index (χ1n) is 13.0. The number of halogens is 1. The van der Waals surface area contributed by atoms with Crippen molar-refractivity contribution in [3.63, 3.8) is 0 Å². The molecule has 1 aromatic carbocycles. The summed E-state index contributed by atoms with van der Waals surface area (Å²) in [5.41, 5.74) is 1.95. The first-order chi connectivity index (χ1) is 17.9. The van der Waals surface area contributed by atoms with Gasteiger partial charge in [0, 0.05) is 74.2 Å². The van der Waals surface area contributed by atoms with Gasteiger partial charge in [0.1, 0.15) is 0 Å². The number of likely N-dealkylation sites (tertiary alicyclic amines) is 1. The molecule has 1 N–H and O–H groups in total. The zero-order valence-electron chi connectivity index (χ0n) is 21.5. The Morgan fingerprint density at radius 2 is 1.95 bits per heavy atom. The van der Waals surface area contributed by atoms with Crippen molar-refractivity contribution in [3.05, 3.63) is 51.4 Å². The van der Waals surface area contributed by atoms with E-state index in [1.165, 1.54) is 17.6 Å². The number of hydrogen-bond acceptors (Lipinski definition) is 8. The second-order valence-electron chi connectivity index (χ2n) is 10.1. The summed E-state index contributed by atoms with van der Waals surface area (Å²) in [6, 6.07) is 9.55. The number of hydrogen-bond donors (Lipinski definition) is 1. The molecule has 0 aliphatic carbocycles. The van der Waals surface area contributed by atoms with E-state index in [0.717, 1.165) is 57.7 Å². The number of piperazine rings is 1. The maximum atomic E-state index is 13.3. The van der Waals surface area contributed by atoms with Crippen LogP contribution >= 0.6 is 22.9 Å². The first-order valence-corrected chi connectivity index (χ1v) is 14.2. The Balaban J connectivity index is 1.40. The van der Waals surface area contributed by atoms with E-state index in [9.17, 15) is 9.59 Å². The minimum Gasteiger partial charge on any atom is -0.469 e. The van der Waals surface area contributed by atoms with Crippen LogP contribution in [0.3, 0.4) is 0 Å². The van der Waals surface area contributed by atoms with Crippen LogP contribution in [0.4, 0.5) is 4.79 Å². The number of benzene rings is 1. The summed E-state index contributed by atoms with van der Waals surface area (Å²) in [5.74, 6) is -1.09. The van der Waals surface area contributed by atoms with Gasteiger partial charge in [-0.25, -0.2) is 4.79 Å². The van der Waals surface area contributed by atoms with Gasteiger partial charge in [-0.15, -0.1) is 11.3 Å². The summed E-state index contributed by atoms with van der Waals surface area (Å²) < 4.78 is 11.2. The maximum Gasteiger partial charge on any atom is 0.416 e. The smallest absolute Gasteiger partial charge is 0.416 e. The lowest BCUT2D eigenvalue weighted by atomic mass is 9.77. The molecule has 3 unspecified atom stereocenters. The fourth-order valence-corrected chi connectivity index (χ4v) is 7.16. The fourth-order valence-electron chi connectivity index (χ4n) is 5.88. The van der Waals surface area contributed by atoms with Crippen molar-refractivity contribution in [1.82, 2.24) is 20.0 Å².